The summed E-state index contributed by atoms with van der Waals surface area (Å²) >= 11 is 0. The van der Waals surface area contributed by atoms with Gasteiger partial charge in [-0.1, -0.05) is 12.1 Å². The fourth-order valence-electron chi connectivity index (χ4n) is 2.89. The first-order valence-corrected chi connectivity index (χ1v) is 8.90. The van der Waals surface area contributed by atoms with Crippen molar-refractivity contribution >= 4 is 16.0 Å². The highest BCUT2D eigenvalue weighted by atomic mass is 32.2. The number of hydrogen-bond donors (Lipinski definition) is 2. The number of oxazole rings is 1. The van der Waals surface area contributed by atoms with E-state index in [2.05, 4.69) is 9.97 Å². The lowest BCUT2D eigenvalue weighted by atomic mass is 9.97. The number of hydrogen-bond acceptors (Lipinski definition) is 6. The van der Waals surface area contributed by atoms with E-state index in [1.165, 1.54) is 24.6 Å². The van der Waals surface area contributed by atoms with Gasteiger partial charge in [0.2, 0.25) is 15.9 Å². The van der Waals surface area contributed by atoms with Gasteiger partial charge in [-0.2, -0.15) is 0 Å². The molecule has 3 aromatic rings. The molecule has 0 bridgehead atoms. The molecule has 25 heavy (non-hydrogen) atoms. The molecule has 128 valence electrons. The molecule has 0 aliphatic carbocycles. The lowest BCUT2D eigenvalue weighted by Gasteiger charge is -2.13. The predicted molar refractivity (Wildman–Crippen MR) is 86.6 cm³/mol. The third-order valence-corrected chi connectivity index (χ3v) is 4.94. The number of rotatable bonds is 3. The predicted octanol–water partition coefficient (Wildman–Crippen LogP) is 1.58. The van der Waals surface area contributed by atoms with E-state index in [1.54, 1.807) is 12.1 Å². The lowest BCUT2D eigenvalue weighted by molar-refractivity contribution is -0.145. The number of nitrogens with two attached hydrogens (primary N) is 1. The average molecular weight is 359 g/mol. The monoisotopic (exact) mass is 359 g/mol. The maximum atomic E-state index is 11.7. The van der Waals surface area contributed by atoms with E-state index < -0.39 is 10.0 Å². The molecule has 0 radical (unpaired) electrons. The number of benzene rings is 1. The summed E-state index contributed by atoms with van der Waals surface area (Å²) in [5.41, 5.74) is 3.60. The van der Waals surface area contributed by atoms with Gasteiger partial charge < -0.3 is 14.1 Å². The van der Waals surface area contributed by atoms with Crippen LogP contribution in [0, 0.1) is 0 Å². The largest absolute Gasteiger partial charge is 0.459 e. The minimum Gasteiger partial charge on any atom is -0.459 e. The number of nitrogens with zero attached hydrogens (tertiary/aromatic N) is 1. The average Bonchev–Trinajstić information content (AvgIpc) is 3.21. The number of fused-ring (bicyclic) bond motifs is 1. The van der Waals surface area contributed by atoms with Gasteiger partial charge in [0.05, 0.1) is 23.2 Å². The SMILES string of the molecule is NS(=O)(=O)c1ccc(-c2c(-c3ncco3)[nH]c3c2CC(=O)OC3)cc1. The summed E-state index contributed by atoms with van der Waals surface area (Å²) in [5, 5.41) is 5.14. The van der Waals surface area contributed by atoms with Crippen molar-refractivity contribution in [2.45, 2.75) is 17.9 Å². The second kappa shape index (κ2) is 5.57. The van der Waals surface area contributed by atoms with Gasteiger partial charge >= 0.3 is 5.97 Å². The first kappa shape index (κ1) is 15.6. The van der Waals surface area contributed by atoms with E-state index >= 15 is 0 Å². The third-order valence-electron chi connectivity index (χ3n) is 4.01. The molecule has 0 amide bonds. The van der Waals surface area contributed by atoms with Crippen LogP contribution in [0.1, 0.15) is 11.3 Å². The van der Waals surface area contributed by atoms with Crippen molar-refractivity contribution in [3.05, 3.63) is 48.0 Å². The standard InChI is InChI=1S/C16H13N3O5S/c17-25(21,22)10-3-1-9(2-4-10)14-11-7-13(20)24-8-12(11)19-15(14)16-18-5-6-23-16/h1-6,19H,7-8H2,(H2,17,21,22). The Balaban J connectivity index is 1.91. The maximum absolute atomic E-state index is 11.7. The Labute approximate surface area is 142 Å². The molecular weight excluding hydrogens is 346 g/mol. The summed E-state index contributed by atoms with van der Waals surface area (Å²) in [6.07, 6.45) is 3.08. The Kier molecular flexibility index (Phi) is 3.48. The summed E-state index contributed by atoms with van der Waals surface area (Å²) in [6, 6.07) is 6.11. The number of aromatic amines is 1. The van der Waals surface area contributed by atoms with Crippen LogP contribution >= 0.6 is 0 Å². The first-order chi connectivity index (χ1) is 11.9. The number of cyclic esters (lactones) is 1. The van der Waals surface area contributed by atoms with Crippen molar-refractivity contribution in [3.8, 4) is 22.7 Å². The van der Waals surface area contributed by atoms with Crippen LogP contribution in [0.3, 0.4) is 0 Å². The minimum atomic E-state index is -3.78. The van der Waals surface area contributed by atoms with E-state index in [0.717, 1.165) is 16.8 Å². The molecule has 0 fully saturated rings. The van der Waals surface area contributed by atoms with Gasteiger partial charge in [-0.15, -0.1) is 0 Å². The van der Waals surface area contributed by atoms with Crippen LogP contribution in [0.15, 0.2) is 46.0 Å². The zero-order valence-electron chi connectivity index (χ0n) is 12.9. The Bertz CT molecular complexity index is 1050. The topological polar surface area (TPSA) is 128 Å². The number of sulfonamides is 1. The molecular formula is C16H13N3O5S. The van der Waals surface area contributed by atoms with Crippen LogP contribution in [0.2, 0.25) is 0 Å². The molecule has 0 spiro atoms. The Morgan fingerprint density at radius 3 is 2.60 bits per heavy atom. The second-order valence-electron chi connectivity index (χ2n) is 5.58. The molecule has 3 N–H and O–H groups in total. The number of nitrogens with one attached hydrogen (secondary N) is 1. The van der Waals surface area contributed by atoms with Gasteiger partial charge in [0.25, 0.3) is 0 Å². The Morgan fingerprint density at radius 1 is 1.20 bits per heavy atom. The van der Waals surface area contributed by atoms with E-state index in [4.69, 9.17) is 14.3 Å². The summed E-state index contributed by atoms with van der Waals surface area (Å²) in [4.78, 5) is 19.1. The van der Waals surface area contributed by atoms with Crippen molar-refractivity contribution in [2.24, 2.45) is 5.14 Å². The molecule has 3 heterocycles. The van der Waals surface area contributed by atoms with Gasteiger partial charge in [-0.05, 0) is 23.3 Å². The van der Waals surface area contributed by atoms with Crippen LogP contribution < -0.4 is 5.14 Å². The van der Waals surface area contributed by atoms with Crippen LogP contribution in [0.5, 0.6) is 0 Å². The first-order valence-electron chi connectivity index (χ1n) is 7.36. The van der Waals surface area contributed by atoms with Crippen molar-refractivity contribution in [1.29, 1.82) is 0 Å². The van der Waals surface area contributed by atoms with E-state index in [-0.39, 0.29) is 23.9 Å². The van der Waals surface area contributed by atoms with Crippen LogP contribution in [-0.2, 0) is 32.6 Å². The third kappa shape index (κ3) is 2.73. The van der Waals surface area contributed by atoms with Crippen LogP contribution in [0.25, 0.3) is 22.7 Å². The van der Waals surface area contributed by atoms with Gasteiger partial charge in [0.1, 0.15) is 18.6 Å². The Morgan fingerprint density at radius 2 is 1.96 bits per heavy atom. The second-order valence-corrected chi connectivity index (χ2v) is 7.14. The molecule has 2 aromatic heterocycles. The van der Waals surface area contributed by atoms with Crippen molar-refractivity contribution < 1.29 is 22.4 Å². The number of carbonyl (C=O) groups is 1. The number of carbonyl (C=O) groups excluding carboxylic acids is 1. The highest BCUT2D eigenvalue weighted by molar-refractivity contribution is 7.89. The molecule has 0 atom stereocenters. The highest BCUT2D eigenvalue weighted by Gasteiger charge is 2.28. The molecule has 9 heteroatoms. The van der Waals surface area contributed by atoms with Crippen LogP contribution in [-0.4, -0.2) is 24.4 Å². The van der Waals surface area contributed by atoms with Gasteiger partial charge in [-0.25, -0.2) is 18.5 Å². The maximum Gasteiger partial charge on any atom is 0.310 e. The number of H-pyrrole nitrogens is 1. The molecule has 1 aliphatic heterocycles. The van der Waals surface area contributed by atoms with Gasteiger partial charge in [-0.3, -0.25) is 4.79 Å². The fraction of sp³-hybridized carbons (Fsp3) is 0.125. The van der Waals surface area contributed by atoms with Crippen molar-refractivity contribution in [1.82, 2.24) is 9.97 Å². The van der Waals surface area contributed by atoms with Crippen molar-refractivity contribution in [2.75, 3.05) is 0 Å². The number of primary sulfonamides is 1. The summed E-state index contributed by atoms with van der Waals surface area (Å²) < 4.78 is 33.3. The molecule has 0 saturated carbocycles. The summed E-state index contributed by atoms with van der Waals surface area (Å²) in [7, 11) is -3.78. The molecule has 4 rings (SSSR count). The summed E-state index contributed by atoms with van der Waals surface area (Å²) in [6.45, 7) is 0.136. The zero-order chi connectivity index (χ0) is 17.6. The van der Waals surface area contributed by atoms with E-state index in [9.17, 15) is 13.2 Å². The van der Waals surface area contributed by atoms with E-state index in [0.29, 0.717) is 17.1 Å². The smallest absolute Gasteiger partial charge is 0.310 e. The van der Waals surface area contributed by atoms with E-state index in [1.807, 2.05) is 0 Å². The van der Waals surface area contributed by atoms with Gasteiger partial charge in [0.15, 0.2) is 0 Å². The molecule has 1 aromatic carbocycles. The minimum absolute atomic E-state index is 0.0118. The van der Waals surface area contributed by atoms with Gasteiger partial charge in [0, 0.05) is 5.56 Å². The van der Waals surface area contributed by atoms with Crippen LogP contribution in [0.4, 0.5) is 0 Å². The fourth-order valence-corrected chi connectivity index (χ4v) is 3.41. The molecule has 1 aliphatic rings. The van der Waals surface area contributed by atoms with Crippen molar-refractivity contribution in [3.63, 3.8) is 0 Å². The zero-order valence-corrected chi connectivity index (χ0v) is 13.7. The number of ether oxygens (including phenoxy) is 1. The number of esters is 1. The Hall–Kier alpha value is -2.91. The lowest BCUT2D eigenvalue weighted by Crippen LogP contribution is -2.15. The molecule has 8 nitrogen and oxygen atoms in total. The molecule has 0 saturated heterocycles. The number of aromatic nitrogens is 2. The quantitative estimate of drug-likeness (QED) is 0.683. The highest BCUT2D eigenvalue weighted by Crippen LogP contribution is 2.38. The molecule has 0 unspecified atom stereocenters. The normalized spacial score (nSPS) is 14.2. The summed E-state index contributed by atoms with van der Waals surface area (Å²) in [5.74, 6) is 0.0419.